The number of nitrogens with zero attached hydrogens (tertiary/aromatic N) is 2. The molecule has 34 heavy (non-hydrogen) atoms. The number of carbonyl (C=O) groups is 1. The van der Waals surface area contributed by atoms with Crippen LogP contribution in [0.4, 0.5) is 14.5 Å². The highest BCUT2D eigenvalue weighted by molar-refractivity contribution is 5.95. The summed E-state index contributed by atoms with van der Waals surface area (Å²) in [6.07, 6.45) is 6.82. The van der Waals surface area contributed by atoms with Crippen LogP contribution in [-0.4, -0.2) is 30.7 Å². The Labute approximate surface area is 197 Å². The van der Waals surface area contributed by atoms with E-state index in [1.54, 1.807) is 39.0 Å². The number of hydrogen-bond donors (Lipinski definition) is 3. The minimum Gasteiger partial charge on any atom is -0.508 e. The van der Waals surface area contributed by atoms with Crippen molar-refractivity contribution in [1.82, 2.24) is 0 Å². The number of ether oxygens (including phenoxy) is 1. The van der Waals surface area contributed by atoms with Crippen LogP contribution in [0.5, 0.6) is 0 Å². The molecule has 8 nitrogen and oxygen atoms in total. The van der Waals surface area contributed by atoms with E-state index in [2.05, 4.69) is 27.0 Å². The monoisotopic (exact) mass is 476 g/mol. The molecule has 1 aromatic carbocycles. The lowest BCUT2D eigenvalue weighted by molar-refractivity contribution is -0.118. The van der Waals surface area contributed by atoms with Gasteiger partial charge in [0.15, 0.2) is 11.8 Å². The summed E-state index contributed by atoms with van der Waals surface area (Å²) in [6.45, 7) is 8.22. The van der Waals surface area contributed by atoms with E-state index >= 15 is 0 Å². The number of amides is 1. The number of anilines is 1. The van der Waals surface area contributed by atoms with E-state index < -0.39 is 34.9 Å². The highest BCUT2D eigenvalue weighted by Gasteiger charge is 2.29. The average molecular weight is 477 g/mol. The molecule has 0 spiro atoms. The van der Waals surface area contributed by atoms with E-state index in [-0.39, 0.29) is 29.3 Å². The third kappa shape index (κ3) is 7.24. The van der Waals surface area contributed by atoms with Gasteiger partial charge in [-0.2, -0.15) is 16.1 Å². The lowest BCUT2D eigenvalue weighted by atomic mass is 9.86. The molecule has 4 N–H and O–H groups in total. The second kappa shape index (κ2) is 11.6. The van der Waals surface area contributed by atoms with Gasteiger partial charge < -0.3 is 20.0 Å². The SMILES string of the molecule is C=C(O)/C=C(/CN=N[C@@H](C(=O)Nc1cc(F)c(C(C)(C)C)c(F)c1)C1C=CC(OC)=CC1)ON. The molecule has 10 heteroatoms. The van der Waals surface area contributed by atoms with Crippen molar-refractivity contribution in [2.24, 2.45) is 22.0 Å². The van der Waals surface area contributed by atoms with Crippen molar-refractivity contribution in [1.29, 1.82) is 0 Å². The van der Waals surface area contributed by atoms with E-state index in [4.69, 9.17) is 10.6 Å². The van der Waals surface area contributed by atoms with Crippen LogP contribution < -0.4 is 11.2 Å². The Balaban J connectivity index is 2.29. The highest BCUT2D eigenvalue weighted by Crippen LogP contribution is 2.31. The molecule has 0 aliphatic heterocycles. The summed E-state index contributed by atoms with van der Waals surface area (Å²) in [5, 5.41) is 19.8. The molecule has 1 unspecified atom stereocenters. The predicted octanol–water partition coefficient (Wildman–Crippen LogP) is 4.97. The minimum atomic E-state index is -1.03. The van der Waals surface area contributed by atoms with Gasteiger partial charge in [0.05, 0.1) is 7.11 Å². The molecule has 0 fully saturated rings. The molecule has 0 aromatic heterocycles. The Hall–Kier alpha value is -3.53. The number of nitrogens with two attached hydrogens (primary N) is 1. The Kier molecular flexibility index (Phi) is 9.08. The van der Waals surface area contributed by atoms with Crippen LogP contribution in [0.15, 0.2) is 70.5 Å². The maximum absolute atomic E-state index is 14.6. The van der Waals surface area contributed by atoms with Gasteiger partial charge in [0.25, 0.3) is 5.91 Å². The topological polar surface area (TPSA) is 119 Å². The summed E-state index contributed by atoms with van der Waals surface area (Å²) in [6, 6.07) is 1.12. The third-order valence-electron chi connectivity index (χ3n) is 4.98. The average Bonchev–Trinajstić information content (AvgIpc) is 2.74. The van der Waals surface area contributed by atoms with Crippen molar-refractivity contribution in [3.8, 4) is 0 Å². The first kappa shape index (κ1) is 26.7. The summed E-state index contributed by atoms with van der Waals surface area (Å²) in [5.74, 6) is 3.03. The van der Waals surface area contributed by atoms with Gasteiger partial charge in [-0.05, 0) is 36.1 Å². The maximum Gasteiger partial charge on any atom is 0.251 e. The van der Waals surface area contributed by atoms with Crippen LogP contribution in [0.25, 0.3) is 0 Å². The normalized spacial score (nSPS) is 17.3. The number of rotatable bonds is 9. The number of halogens is 2. The summed E-state index contributed by atoms with van der Waals surface area (Å²) in [4.78, 5) is 17.7. The zero-order valence-corrected chi connectivity index (χ0v) is 19.6. The van der Waals surface area contributed by atoms with Crippen LogP contribution in [0.3, 0.4) is 0 Å². The van der Waals surface area contributed by atoms with Gasteiger partial charge in [0.2, 0.25) is 0 Å². The van der Waals surface area contributed by atoms with E-state index in [0.717, 1.165) is 18.2 Å². The third-order valence-corrected chi connectivity index (χ3v) is 4.98. The quantitative estimate of drug-likeness (QED) is 0.201. The molecule has 0 saturated carbocycles. The molecule has 2 rings (SSSR count). The molecule has 1 aliphatic carbocycles. The number of allylic oxidation sites excluding steroid dienone is 3. The number of carbonyl (C=O) groups excluding carboxylic acids is 1. The van der Waals surface area contributed by atoms with Gasteiger partial charge in [0, 0.05) is 23.2 Å². The second-order valence-electron chi connectivity index (χ2n) is 8.70. The number of aliphatic hydroxyl groups is 1. The lowest BCUT2D eigenvalue weighted by Gasteiger charge is -2.23. The molecule has 184 valence electrons. The Bertz CT molecular complexity index is 1020. The number of nitrogens with one attached hydrogen (secondary N) is 1. The first-order chi connectivity index (χ1) is 16.0. The van der Waals surface area contributed by atoms with Gasteiger partial charge >= 0.3 is 0 Å². The van der Waals surface area contributed by atoms with Crippen molar-refractivity contribution in [3.63, 3.8) is 0 Å². The summed E-state index contributed by atoms with van der Waals surface area (Å²) >= 11 is 0. The van der Waals surface area contributed by atoms with Crippen LogP contribution in [-0.2, 0) is 19.8 Å². The fourth-order valence-corrected chi connectivity index (χ4v) is 3.41. The van der Waals surface area contributed by atoms with Crippen LogP contribution in [0.1, 0.15) is 32.8 Å². The van der Waals surface area contributed by atoms with Crippen LogP contribution >= 0.6 is 0 Å². The standard InChI is InChI=1S/C24H30F2N4O4/c1-14(31)10-18(34-27)13-28-30-22(15-6-8-17(33-5)9-7-15)23(32)29-16-11-19(25)21(20(26)12-16)24(2,3)4/h6,8-12,15,22,31H,1,7,13,27H2,2-5H3,(H,29,32)/b18-10-,30-28?/t15?,22-/m1/s1. The maximum atomic E-state index is 14.6. The van der Waals surface area contributed by atoms with Gasteiger partial charge in [-0.1, -0.05) is 33.4 Å². The van der Waals surface area contributed by atoms with E-state index in [1.807, 2.05) is 0 Å². The Morgan fingerprint density at radius 2 is 2.03 bits per heavy atom. The van der Waals surface area contributed by atoms with Crippen LogP contribution in [0.2, 0.25) is 0 Å². The number of azo groups is 1. The molecule has 0 radical (unpaired) electrons. The van der Waals surface area contributed by atoms with Gasteiger partial charge in [-0.3, -0.25) is 4.79 Å². The smallest absolute Gasteiger partial charge is 0.251 e. The largest absolute Gasteiger partial charge is 0.508 e. The van der Waals surface area contributed by atoms with Gasteiger partial charge in [-0.25, -0.2) is 8.78 Å². The molecule has 0 bridgehead atoms. The Morgan fingerprint density at radius 3 is 2.50 bits per heavy atom. The lowest BCUT2D eigenvalue weighted by Crippen LogP contribution is -2.33. The summed E-state index contributed by atoms with van der Waals surface area (Å²) < 4.78 is 34.4. The minimum absolute atomic E-state index is 0.0384. The van der Waals surface area contributed by atoms with Crippen molar-refractivity contribution in [2.45, 2.75) is 38.6 Å². The molecule has 1 aromatic rings. The van der Waals surface area contributed by atoms with Crippen molar-refractivity contribution in [3.05, 3.63) is 77.5 Å². The molecule has 1 aliphatic rings. The number of hydrogen-bond acceptors (Lipinski definition) is 7. The van der Waals surface area contributed by atoms with Crippen molar-refractivity contribution < 1.29 is 28.3 Å². The number of aliphatic hydroxyl groups excluding tert-OH is 1. The molecule has 0 saturated heterocycles. The van der Waals surface area contributed by atoms with Crippen molar-refractivity contribution >= 4 is 11.6 Å². The van der Waals surface area contributed by atoms with E-state index in [0.29, 0.717) is 12.2 Å². The second-order valence-corrected chi connectivity index (χ2v) is 8.70. The number of methoxy groups -OCH3 is 1. The van der Waals surface area contributed by atoms with E-state index in [9.17, 15) is 18.7 Å². The van der Waals surface area contributed by atoms with Crippen molar-refractivity contribution in [2.75, 3.05) is 19.0 Å². The fraction of sp³-hybridized carbons (Fsp3) is 0.375. The molecular formula is C24H30F2N4O4. The summed E-state index contributed by atoms with van der Waals surface area (Å²) in [5.41, 5.74) is -0.855. The fourth-order valence-electron chi connectivity index (χ4n) is 3.41. The predicted molar refractivity (Wildman–Crippen MR) is 125 cm³/mol. The zero-order valence-electron chi connectivity index (χ0n) is 19.6. The van der Waals surface area contributed by atoms with Gasteiger partial charge in [0.1, 0.15) is 29.7 Å². The van der Waals surface area contributed by atoms with Crippen LogP contribution in [0, 0.1) is 17.6 Å². The molecular weight excluding hydrogens is 446 g/mol. The highest BCUT2D eigenvalue weighted by atomic mass is 19.1. The first-order valence-corrected chi connectivity index (χ1v) is 10.5. The molecule has 0 heterocycles. The summed E-state index contributed by atoms with van der Waals surface area (Å²) in [7, 11) is 1.53. The first-order valence-electron chi connectivity index (χ1n) is 10.5. The zero-order chi connectivity index (χ0) is 25.5. The Morgan fingerprint density at radius 1 is 1.38 bits per heavy atom. The molecule has 2 atom stereocenters. The van der Waals surface area contributed by atoms with E-state index in [1.165, 1.54) is 7.11 Å². The van der Waals surface area contributed by atoms with Gasteiger partial charge in [-0.15, -0.1) is 0 Å². The molecule has 1 amide bonds. The number of benzene rings is 1.